The van der Waals surface area contributed by atoms with Gasteiger partial charge in [-0.25, -0.2) is 4.79 Å². The summed E-state index contributed by atoms with van der Waals surface area (Å²) in [7, 11) is 3.25. The van der Waals surface area contributed by atoms with E-state index in [1.165, 1.54) is 9.13 Å². The van der Waals surface area contributed by atoms with Crippen molar-refractivity contribution in [2.75, 3.05) is 7.05 Å². The molecule has 0 radical (unpaired) electrons. The van der Waals surface area contributed by atoms with E-state index < -0.39 is 0 Å². The van der Waals surface area contributed by atoms with Gasteiger partial charge in [-0.2, -0.15) is 0 Å². The Morgan fingerprint density at radius 2 is 1.77 bits per heavy atom. The van der Waals surface area contributed by atoms with Gasteiger partial charge >= 0.3 is 5.69 Å². The molecule has 26 heavy (non-hydrogen) atoms. The lowest BCUT2D eigenvalue weighted by Crippen LogP contribution is -2.32. The molecule has 0 aliphatic rings. The summed E-state index contributed by atoms with van der Waals surface area (Å²) in [6.07, 6.45) is 0. The van der Waals surface area contributed by atoms with Crippen LogP contribution in [-0.2, 0) is 24.9 Å². The molecule has 0 spiro atoms. The monoisotopic (exact) mass is 352 g/mol. The molecule has 1 heterocycles. The summed E-state index contributed by atoms with van der Waals surface area (Å²) >= 11 is 0. The Kier molecular flexibility index (Phi) is 4.88. The first-order chi connectivity index (χ1) is 12.5. The Bertz CT molecular complexity index is 1030. The molecule has 3 rings (SSSR count). The topological polar surface area (TPSA) is 85.1 Å². The average Bonchev–Trinajstić information content (AvgIpc) is 2.91. The lowest BCUT2D eigenvalue weighted by Gasteiger charge is -2.08. The van der Waals surface area contributed by atoms with Crippen LogP contribution in [0.5, 0.6) is 0 Å². The second-order valence-corrected chi connectivity index (χ2v) is 5.97. The number of hydrogen-bond donors (Lipinski definition) is 2. The first-order valence-corrected chi connectivity index (χ1v) is 8.23. The van der Waals surface area contributed by atoms with Gasteiger partial charge in [-0.3, -0.25) is 18.7 Å². The third-order valence-electron chi connectivity index (χ3n) is 4.26. The lowest BCUT2D eigenvalue weighted by atomic mass is 10.1. The summed E-state index contributed by atoms with van der Waals surface area (Å²) in [4.78, 5) is 36.3. The van der Waals surface area contributed by atoms with Gasteiger partial charge in [0, 0.05) is 26.2 Å². The number of carbonyl (C=O) groups is 2. The van der Waals surface area contributed by atoms with Crippen LogP contribution < -0.4 is 16.3 Å². The Hall–Kier alpha value is -3.35. The number of fused-ring (bicyclic) bond motifs is 1. The minimum atomic E-state index is -0.270. The van der Waals surface area contributed by atoms with Crippen molar-refractivity contribution >= 4 is 22.8 Å². The van der Waals surface area contributed by atoms with Crippen molar-refractivity contribution in [3.8, 4) is 0 Å². The van der Waals surface area contributed by atoms with Gasteiger partial charge in [-0.15, -0.1) is 0 Å². The zero-order valence-corrected chi connectivity index (χ0v) is 14.7. The summed E-state index contributed by atoms with van der Waals surface area (Å²) in [6, 6.07) is 14.4. The van der Waals surface area contributed by atoms with Gasteiger partial charge in [0.05, 0.1) is 11.0 Å². The van der Waals surface area contributed by atoms with Crippen molar-refractivity contribution in [2.24, 2.45) is 7.05 Å². The number of aryl methyl sites for hydroxylation is 1. The minimum Gasteiger partial charge on any atom is -0.355 e. The van der Waals surface area contributed by atoms with Crippen LogP contribution in [0, 0.1) is 0 Å². The molecular formula is C19H20N4O3. The number of nitrogens with one attached hydrogen (secondary N) is 2. The first-order valence-electron chi connectivity index (χ1n) is 8.23. The van der Waals surface area contributed by atoms with E-state index in [9.17, 15) is 14.4 Å². The first kappa shape index (κ1) is 17.5. The fraction of sp³-hybridized carbons (Fsp3) is 0.211. The molecule has 0 aliphatic carbocycles. The van der Waals surface area contributed by atoms with E-state index in [-0.39, 0.29) is 30.6 Å². The standard InChI is InChI=1S/C19H20N4O3/c1-20-18(25)14-7-5-6-13(10-14)11-21-17(24)12-23-16-9-4-3-8-15(16)22(2)19(23)26/h3-10H,11-12H2,1-2H3,(H,20,25)(H,21,24). The summed E-state index contributed by atoms with van der Waals surface area (Å²) in [5, 5.41) is 5.36. The summed E-state index contributed by atoms with van der Waals surface area (Å²) < 4.78 is 2.97. The van der Waals surface area contributed by atoms with Crippen LogP contribution in [0.4, 0.5) is 0 Å². The average molecular weight is 352 g/mol. The Balaban J connectivity index is 1.72. The Morgan fingerprint density at radius 3 is 2.50 bits per heavy atom. The number of carbonyl (C=O) groups excluding carboxylic acids is 2. The van der Waals surface area contributed by atoms with E-state index in [4.69, 9.17) is 0 Å². The highest BCUT2D eigenvalue weighted by atomic mass is 16.2. The van der Waals surface area contributed by atoms with Gasteiger partial charge in [0.1, 0.15) is 6.54 Å². The predicted molar refractivity (Wildman–Crippen MR) is 98.9 cm³/mol. The molecule has 0 fully saturated rings. The molecule has 1 aromatic heterocycles. The van der Waals surface area contributed by atoms with Gasteiger partial charge in [0.15, 0.2) is 0 Å². The quantitative estimate of drug-likeness (QED) is 0.719. The highest BCUT2D eigenvalue weighted by Gasteiger charge is 2.13. The Morgan fingerprint density at radius 1 is 1.04 bits per heavy atom. The second-order valence-electron chi connectivity index (χ2n) is 5.97. The van der Waals surface area contributed by atoms with Gasteiger partial charge in [-0.05, 0) is 29.8 Å². The maximum Gasteiger partial charge on any atom is 0.329 e. The molecule has 7 heteroatoms. The minimum absolute atomic E-state index is 0.0602. The highest BCUT2D eigenvalue weighted by Crippen LogP contribution is 2.11. The number of amides is 2. The molecule has 3 aromatic rings. The van der Waals surface area contributed by atoms with Crippen molar-refractivity contribution in [1.29, 1.82) is 0 Å². The molecule has 2 amide bonds. The van der Waals surface area contributed by atoms with Crippen LogP contribution in [-0.4, -0.2) is 28.0 Å². The van der Waals surface area contributed by atoms with Crippen molar-refractivity contribution in [3.05, 3.63) is 70.1 Å². The normalized spacial score (nSPS) is 10.7. The molecule has 0 saturated carbocycles. The van der Waals surface area contributed by atoms with Crippen molar-refractivity contribution in [3.63, 3.8) is 0 Å². The summed E-state index contributed by atoms with van der Waals surface area (Å²) in [5.74, 6) is -0.450. The summed E-state index contributed by atoms with van der Waals surface area (Å²) in [6.45, 7) is 0.221. The van der Waals surface area contributed by atoms with Crippen LogP contribution in [0.15, 0.2) is 53.3 Å². The van der Waals surface area contributed by atoms with Crippen LogP contribution in [0.25, 0.3) is 11.0 Å². The van der Waals surface area contributed by atoms with Crippen molar-refractivity contribution < 1.29 is 9.59 Å². The Labute approximate surface area is 150 Å². The van der Waals surface area contributed by atoms with Gasteiger partial charge in [0.2, 0.25) is 5.91 Å². The van der Waals surface area contributed by atoms with E-state index in [0.29, 0.717) is 5.56 Å². The fourth-order valence-electron chi connectivity index (χ4n) is 2.88. The van der Waals surface area contributed by atoms with Gasteiger partial charge < -0.3 is 10.6 Å². The largest absolute Gasteiger partial charge is 0.355 e. The highest BCUT2D eigenvalue weighted by molar-refractivity contribution is 5.94. The zero-order valence-electron chi connectivity index (χ0n) is 14.7. The number of aromatic nitrogens is 2. The van der Waals surface area contributed by atoms with Gasteiger partial charge in [0.25, 0.3) is 5.91 Å². The molecule has 0 unspecified atom stereocenters. The number of benzene rings is 2. The number of imidazole rings is 1. The second kappa shape index (κ2) is 7.26. The molecule has 7 nitrogen and oxygen atoms in total. The molecule has 0 aliphatic heterocycles. The maximum absolute atomic E-state index is 12.4. The third-order valence-corrected chi connectivity index (χ3v) is 4.26. The molecule has 2 N–H and O–H groups in total. The van der Waals surface area contributed by atoms with Crippen LogP contribution in [0.2, 0.25) is 0 Å². The van der Waals surface area contributed by atoms with Crippen molar-refractivity contribution in [1.82, 2.24) is 19.8 Å². The van der Waals surface area contributed by atoms with Crippen LogP contribution >= 0.6 is 0 Å². The smallest absolute Gasteiger partial charge is 0.329 e. The molecule has 0 atom stereocenters. The zero-order chi connectivity index (χ0) is 18.7. The number of para-hydroxylation sites is 2. The number of hydrogen-bond acceptors (Lipinski definition) is 3. The van der Waals surface area contributed by atoms with E-state index in [0.717, 1.165) is 16.6 Å². The van der Waals surface area contributed by atoms with E-state index in [1.807, 2.05) is 30.3 Å². The predicted octanol–water partition coefficient (Wildman–Crippen LogP) is 1.02. The van der Waals surface area contributed by atoms with Crippen LogP contribution in [0.1, 0.15) is 15.9 Å². The van der Waals surface area contributed by atoms with E-state index >= 15 is 0 Å². The lowest BCUT2D eigenvalue weighted by molar-refractivity contribution is -0.121. The van der Waals surface area contributed by atoms with E-state index in [2.05, 4.69) is 10.6 Å². The van der Waals surface area contributed by atoms with Crippen molar-refractivity contribution in [2.45, 2.75) is 13.1 Å². The number of nitrogens with zero attached hydrogens (tertiary/aromatic N) is 2. The number of rotatable bonds is 5. The van der Waals surface area contributed by atoms with Gasteiger partial charge in [-0.1, -0.05) is 24.3 Å². The summed E-state index contributed by atoms with van der Waals surface area (Å²) in [5.41, 5.74) is 2.61. The fourth-order valence-corrected chi connectivity index (χ4v) is 2.88. The molecule has 134 valence electrons. The van der Waals surface area contributed by atoms with Crippen LogP contribution in [0.3, 0.4) is 0 Å². The molecule has 0 bridgehead atoms. The van der Waals surface area contributed by atoms with E-state index in [1.54, 1.807) is 32.3 Å². The SMILES string of the molecule is CNC(=O)c1cccc(CNC(=O)Cn2c(=O)n(C)c3ccccc32)c1. The molecule has 2 aromatic carbocycles. The molecular weight excluding hydrogens is 332 g/mol. The molecule has 0 saturated heterocycles. The third kappa shape index (κ3) is 3.37. The maximum atomic E-state index is 12.4.